The van der Waals surface area contributed by atoms with Gasteiger partial charge >= 0.3 is 0 Å². The van der Waals surface area contributed by atoms with Gasteiger partial charge in [-0.25, -0.2) is 0 Å². The van der Waals surface area contributed by atoms with Gasteiger partial charge in [0.1, 0.15) is 0 Å². The van der Waals surface area contributed by atoms with E-state index in [-0.39, 0.29) is 0 Å². The zero-order valence-corrected chi connectivity index (χ0v) is 9.36. The van der Waals surface area contributed by atoms with Crippen molar-refractivity contribution in [2.45, 2.75) is 38.5 Å². The molecule has 2 unspecified atom stereocenters. The summed E-state index contributed by atoms with van der Waals surface area (Å²) in [5.74, 6) is 2.69. The summed E-state index contributed by atoms with van der Waals surface area (Å²) in [6.45, 7) is 0. The molecule has 0 nitrogen and oxygen atoms in total. The molecule has 0 heterocycles. The first kappa shape index (κ1) is 9.45. The fourth-order valence-electron chi connectivity index (χ4n) is 3.48. The van der Waals surface area contributed by atoms with Crippen LogP contribution in [0.25, 0.3) is 0 Å². The Hall–Kier alpha value is -0.780. The minimum atomic E-state index is 0.769. The third kappa shape index (κ3) is 1.82. The fourth-order valence-corrected chi connectivity index (χ4v) is 3.48. The van der Waals surface area contributed by atoms with E-state index in [0.717, 1.165) is 17.8 Å². The molecule has 0 saturated heterocycles. The highest BCUT2D eigenvalue weighted by atomic mass is 14.3. The molecule has 0 aromatic heterocycles. The quantitative estimate of drug-likeness (QED) is 0.584. The predicted molar refractivity (Wildman–Crippen MR) is 64.5 cm³/mol. The molecular weight excluding hydrogens is 180 g/mol. The highest BCUT2D eigenvalue weighted by Crippen LogP contribution is 2.41. The van der Waals surface area contributed by atoms with Gasteiger partial charge in [-0.2, -0.15) is 0 Å². The SMILES string of the molecule is C1=CCC(C2C=CC(C3CCCC3)C2)=C1. The van der Waals surface area contributed by atoms with Crippen LogP contribution < -0.4 is 0 Å². The number of rotatable bonds is 2. The maximum Gasteiger partial charge on any atom is -0.00113 e. The van der Waals surface area contributed by atoms with Crippen molar-refractivity contribution < 1.29 is 0 Å². The molecule has 1 fully saturated rings. The number of hydrogen-bond acceptors (Lipinski definition) is 0. The Labute approximate surface area is 92.8 Å². The summed E-state index contributed by atoms with van der Waals surface area (Å²) in [6, 6.07) is 0. The molecule has 0 spiro atoms. The summed E-state index contributed by atoms with van der Waals surface area (Å²) >= 11 is 0. The molecule has 0 bridgehead atoms. The van der Waals surface area contributed by atoms with Crippen LogP contribution in [-0.4, -0.2) is 0 Å². The fraction of sp³-hybridized carbons (Fsp3) is 0.600. The second-order valence-electron chi connectivity index (χ2n) is 5.31. The van der Waals surface area contributed by atoms with Gasteiger partial charge < -0.3 is 0 Å². The molecule has 0 heteroatoms. The molecule has 15 heavy (non-hydrogen) atoms. The Kier molecular flexibility index (Phi) is 2.52. The van der Waals surface area contributed by atoms with Crippen LogP contribution in [0, 0.1) is 17.8 Å². The van der Waals surface area contributed by atoms with E-state index in [0.29, 0.717) is 0 Å². The Balaban J connectivity index is 1.61. The Bertz CT molecular complexity index is 313. The lowest BCUT2D eigenvalue weighted by Gasteiger charge is -2.18. The molecule has 3 aliphatic rings. The molecule has 3 rings (SSSR count). The first-order chi connectivity index (χ1) is 7.43. The van der Waals surface area contributed by atoms with Crippen molar-refractivity contribution in [1.29, 1.82) is 0 Å². The van der Waals surface area contributed by atoms with Crippen molar-refractivity contribution in [3.05, 3.63) is 36.0 Å². The topological polar surface area (TPSA) is 0 Å². The van der Waals surface area contributed by atoms with Crippen molar-refractivity contribution in [2.75, 3.05) is 0 Å². The summed E-state index contributed by atoms with van der Waals surface area (Å²) in [7, 11) is 0. The summed E-state index contributed by atoms with van der Waals surface area (Å²) in [6.07, 6.45) is 20.3. The Morgan fingerprint density at radius 3 is 2.67 bits per heavy atom. The minimum absolute atomic E-state index is 0.769. The molecule has 0 amide bonds. The average Bonchev–Trinajstić information content (AvgIpc) is 3.02. The number of allylic oxidation sites excluding steroid dienone is 6. The van der Waals surface area contributed by atoms with Crippen LogP contribution in [0.2, 0.25) is 0 Å². The van der Waals surface area contributed by atoms with Crippen LogP contribution in [0.1, 0.15) is 38.5 Å². The smallest absolute Gasteiger partial charge is 0.00113 e. The zero-order valence-electron chi connectivity index (χ0n) is 9.36. The normalized spacial score (nSPS) is 35.3. The minimum Gasteiger partial charge on any atom is -0.0845 e. The van der Waals surface area contributed by atoms with E-state index in [2.05, 4.69) is 30.4 Å². The summed E-state index contributed by atoms with van der Waals surface area (Å²) in [5, 5.41) is 0. The van der Waals surface area contributed by atoms with Crippen LogP contribution in [0.3, 0.4) is 0 Å². The lowest BCUT2D eigenvalue weighted by Crippen LogP contribution is -2.09. The maximum atomic E-state index is 2.51. The summed E-state index contributed by atoms with van der Waals surface area (Å²) < 4.78 is 0. The molecule has 0 aromatic rings. The lowest BCUT2D eigenvalue weighted by atomic mass is 9.86. The van der Waals surface area contributed by atoms with E-state index in [1.54, 1.807) is 5.57 Å². The van der Waals surface area contributed by atoms with Crippen LogP contribution in [-0.2, 0) is 0 Å². The monoisotopic (exact) mass is 200 g/mol. The molecule has 2 atom stereocenters. The van der Waals surface area contributed by atoms with Gasteiger partial charge in [0.25, 0.3) is 0 Å². The molecule has 1 saturated carbocycles. The van der Waals surface area contributed by atoms with Crippen molar-refractivity contribution in [3.8, 4) is 0 Å². The molecule has 0 aromatic carbocycles. The highest BCUT2D eigenvalue weighted by Gasteiger charge is 2.29. The van der Waals surface area contributed by atoms with E-state index in [1.165, 1.54) is 38.5 Å². The second-order valence-corrected chi connectivity index (χ2v) is 5.31. The molecule has 3 aliphatic carbocycles. The van der Waals surface area contributed by atoms with Crippen molar-refractivity contribution >= 4 is 0 Å². The summed E-state index contributed by atoms with van der Waals surface area (Å²) in [5.41, 5.74) is 1.65. The first-order valence-electron chi connectivity index (χ1n) is 6.47. The lowest BCUT2D eigenvalue weighted by molar-refractivity contribution is 0.381. The van der Waals surface area contributed by atoms with E-state index >= 15 is 0 Å². The van der Waals surface area contributed by atoms with Gasteiger partial charge in [0, 0.05) is 0 Å². The molecule has 0 N–H and O–H groups in total. The zero-order chi connectivity index (χ0) is 10.1. The Morgan fingerprint density at radius 1 is 1.07 bits per heavy atom. The van der Waals surface area contributed by atoms with Gasteiger partial charge in [-0.15, -0.1) is 0 Å². The molecule has 80 valence electrons. The summed E-state index contributed by atoms with van der Waals surface area (Å²) in [4.78, 5) is 0. The van der Waals surface area contributed by atoms with Gasteiger partial charge in [0.2, 0.25) is 0 Å². The van der Waals surface area contributed by atoms with Gasteiger partial charge in [0.05, 0.1) is 0 Å². The molecular formula is C15H20. The van der Waals surface area contributed by atoms with E-state index in [9.17, 15) is 0 Å². The standard InChI is InChI=1S/C15H20/c1-2-6-12(5-1)14-9-10-15(11-14)13-7-3-4-8-13/h1-2,5,9-10,13-15H,3-4,6-8,11H2. The first-order valence-corrected chi connectivity index (χ1v) is 6.47. The van der Waals surface area contributed by atoms with Gasteiger partial charge in [-0.3, -0.25) is 0 Å². The van der Waals surface area contributed by atoms with Crippen molar-refractivity contribution in [1.82, 2.24) is 0 Å². The molecule has 0 aliphatic heterocycles. The predicted octanol–water partition coefficient (Wildman–Crippen LogP) is 4.26. The van der Waals surface area contributed by atoms with Crippen LogP contribution in [0.4, 0.5) is 0 Å². The van der Waals surface area contributed by atoms with E-state index in [1.807, 2.05) is 0 Å². The highest BCUT2D eigenvalue weighted by molar-refractivity contribution is 5.29. The number of hydrogen-bond donors (Lipinski definition) is 0. The third-order valence-corrected chi connectivity index (χ3v) is 4.40. The second kappa shape index (κ2) is 4.00. The van der Waals surface area contributed by atoms with Crippen LogP contribution >= 0.6 is 0 Å². The van der Waals surface area contributed by atoms with Crippen molar-refractivity contribution in [3.63, 3.8) is 0 Å². The average molecular weight is 200 g/mol. The third-order valence-electron chi connectivity index (χ3n) is 4.40. The van der Waals surface area contributed by atoms with Crippen LogP contribution in [0.5, 0.6) is 0 Å². The van der Waals surface area contributed by atoms with E-state index < -0.39 is 0 Å². The van der Waals surface area contributed by atoms with Crippen LogP contribution in [0.15, 0.2) is 36.0 Å². The van der Waals surface area contributed by atoms with Gasteiger partial charge in [0.15, 0.2) is 0 Å². The van der Waals surface area contributed by atoms with Gasteiger partial charge in [-0.05, 0) is 43.4 Å². The largest absolute Gasteiger partial charge is 0.0845 e. The van der Waals surface area contributed by atoms with E-state index in [4.69, 9.17) is 0 Å². The van der Waals surface area contributed by atoms with Gasteiger partial charge in [-0.1, -0.05) is 48.8 Å². The Morgan fingerprint density at radius 2 is 1.93 bits per heavy atom. The maximum absolute atomic E-state index is 2.51. The van der Waals surface area contributed by atoms with Crippen molar-refractivity contribution in [2.24, 2.45) is 17.8 Å². The molecule has 0 radical (unpaired) electrons.